The van der Waals surface area contributed by atoms with Crippen LogP contribution in [0.25, 0.3) is 0 Å². The van der Waals surface area contributed by atoms with E-state index in [1.165, 1.54) is 9.80 Å². The van der Waals surface area contributed by atoms with Gasteiger partial charge in [-0.15, -0.1) is 0 Å². The molecule has 108 valence electrons. The van der Waals surface area contributed by atoms with Crippen LogP contribution in [0.15, 0.2) is 30.3 Å². The molecule has 1 aromatic carbocycles. The fraction of sp³-hybridized carbons (Fsp3) is 0.429. The van der Waals surface area contributed by atoms with Gasteiger partial charge in [0.25, 0.3) is 0 Å². The van der Waals surface area contributed by atoms with Gasteiger partial charge in [-0.2, -0.15) is 0 Å². The largest absolute Gasteiger partial charge is 0.465 e. The molecule has 6 nitrogen and oxygen atoms in total. The SMILES string of the molecule is CN(C(=O)OCc1ccccc1)[C@@H]1CCN(C(=O)O)C1. The number of benzene rings is 1. The van der Waals surface area contributed by atoms with E-state index in [4.69, 9.17) is 9.84 Å². The average Bonchev–Trinajstić information content (AvgIpc) is 2.95. The van der Waals surface area contributed by atoms with Crippen molar-refractivity contribution < 1.29 is 19.4 Å². The van der Waals surface area contributed by atoms with Gasteiger partial charge >= 0.3 is 12.2 Å². The molecule has 6 heteroatoms. The molecule has 0 aromatic heterocycles. The topological polar surface area (TPSA) is 70.1 Å². The van der Waals surface area contributed by atoms with Crippen LogP contribution >= 0.6 is 0 Å². The van der Waals surface area contributed by atoms with Crippen molar-refractivity contribution in [1.29, 1.82) is 0 Å². The molecule has 1 aliphatic rings. The van der Waals surface area contributed by atoms with Gasteiger partial charge in [-0.3, -0.25) is 0 Å². The predicted octanol–water partition coefficient (Wildman–Crippen LogP) is 2.01. The number of hydrogen-bond acceptors (Lipinski definition) is 3. The molecule has 1 aliphatic heterocycles. The minimum atomic E-state index is -0.946. The Labute approximate surface area is 117 Å². The Morgan fingerprint density at radius 1 is 1.40 bits per heavy atom. The molecule has 0 radical (unpaired) electrons. The summed E-state index contributed by atoms with van der Waals surface area (Å²) in [5, 5.41) is 8.89. The molecule has 0 bridgehead atoms. The van der Waals surface area contributed by atoms with E-state index in [1.54, 1.807) is 7.05 Å². The van der Waals surface area contributed by atoms with Gasteiger partial charge in [0, 0.05) is 20.1 Å². The number of carbonyl (C=O) groups excluding carboxylic acids is 1. The number of ether oxygens (including phenoxy) is 1. The molecular formula is C14H18N2O4. The minimum absolute atomic E-state index is 0.116. The Kier molecular flexibility index (Phi) is 4.45. The summed E-state index contributed by atoms with van der Waals surface area (Å²) in [6.45, 7) is 1.02. The Morgan fingerprint density at radius 3 is 2.70 bits per heavy atom. The summed E-state index contributed by atoms with van der Waals surface area (Å²) in [6, 6.07) is 9.32. The van der Waals surface area contributed by atoms with E-state index in [1.807, 2.05) is 30.3 Å². The summed E-state index contributed by atoms with van der Waals surface area (Å²) >= 11 is 0. The Morgan fingerprint density at radius 2 is 2.10 bits per heavy atom. The lowest BCUT2D eigenvalue weighted by atomic mass is 10.2. The summed E-state index contributed by atoms with van der Waals surface area (Å²) < 4.78 is 5.22. The minimum Gasteiger partial charge on any atom is -0.465 e. The lowest BCUT2D eigenvalue weighted by Crippen LogP contribution is -2.40. The number of amides is 2. The van der Waals surface area contributed by atoms with Gasteiger partial charge in [0.1, 0.15) is 6.61 Å². The van der Waals surface area contributed by atoms with E-state index in [0.29, 0.717) is 19.5 Å². The maximum atomic E-state index is 11.9. The average molecular weight is 278 g/mol. The smallest absolute Gasteiger partial charge is 0.410 e. The van der Waals surface area contributed by atoms with Crippen LogP contribution in [0.2, 0.25) is 0 Å². The zero-order valence-electron chi connectivity index (χ0n) is 11.4. The molecular weight excluding hydrogens is 260 g/mol. The fourth-order valence-corrected chi connectivity index (χ4v) is 2.20. The van der Waals surface area contributed by atoms with E-state index in [9.17, 15) is 9.59 Å². The van der Waals surface area contributed by atoms with Crippen LogP contribution in [0.4, 0.5) is 9.59 Å². The molecule has 0 aliphatic carbocycles. The lowest BCUT2D eigenvalue weighted by Gasteiger charge is -2.23. The molecule has 1 aromatic rings. The van der Waals surface area contributed by atoms with Crippen LogP contribution in [0.1, 0.15) is 12.0 Å². The van der Waals surface area contributed by atoms with Gasteiger partial charge < -0.3 is 19.6 Å². The molecule has 2 amide bonds. The van der Waals surface area contributed by atoms with E-state index in [0.717, 1.165) is 5.56 Å². The number of carboxylic acid groups (broad SMARTS) is 1. The van der Waals surface area contributed by atoms with E-state index >= 15 is 0 Å². The third kappa shape index (κ3) is 3.40. The first-order chi connectivity index (χ1) is 9.58. The molecule has 0 saturated carbocycles. The zero-order valence-corrected chi connectivity index (χ0v) is 11.4. The lowest BCUT2D eigenvalue weighted by molar-refractivity contribution is 0.0909. The number of likely N-dealkylation sites (tertiary alicyclic amines) is 1. The van der Waals surface area contributed by atoms with Gasteiger partial charge in [-0.1, -0.05) is 30.3 Å². The standard InChI is InChI=1S/C14H18N2O4/c1-15(12-7-8-16(9-12)13(17)18)14(19)20-10-11-5-3-2-4-6-11/h2-6,12H,7-10H2,1H3,(H,17,18)/t12-/m1/s1. The van der Waals surface area contributed by atoms with Crippen LogP contribution in [-0.2, 0) is 11.3 Å². The molecule has 0 unspecified atom stereocenters. The Bertz CT molecular complexity index is 477. The molecule has 1 N–H and O–H groups in total. The number of hydrogen-bond donors (Lipinski definition) is 1. The summed E-state index contributed by atoms with van der Waals surface area (Å²) in [6.07, 6.45) is -0.729. The van der Waals surface area contributed by atoms with Crippen molar-refractivity contribution >= 4 is 12.2 Å². The van der Waals surface area contributed by atoms with Gasteiger partial charge in [0.05, 0.1) is 6.04 Å². The first kappa shape index (κ1) is 14.2. The van der Waals surface area contributed by atoms with Crippen LogP contribution in [-0.4, -0.2) is 53.3 Å². The third-order valence-corrected chi connectivity index (χ3v) is 3.47. The molecule has 1 atom stereocenters. The number of likely N-dealkylation sites (N-methyl/N-ethyl adjacent to an activating group) is 1. The summed E-state index contributed by atoms with van der Waals surface area (Å²) in [4.78, 5) is 25.5. The van der Waals surface area contributed by atoms with E-state index in [2.05, 4.69) is 0 Å². The Balaban J connectivity index is 1.82. The summed E-state index contributed by atoms with van der Waals surface area (Å²) in [5.74, 6) is 0. The third-order valence-electron chi connectivity index (χ3n) is 3.47. The maximum absolute atomic E-state index is 11.9. The van der Waals surface area contributed by atoms with Gasteiger partial charge in [0.2, 0.25) is 0 Å². The summed E-state index contributed by atoms with van der Waals surface area (Å²) in [7, 11) is 1.64. The normalized spacial score (nSPS) is 17.9. The number of nitrogens with zero attached hydrogens (tertiary/aromatic N) is 2. The second-order valence-corrected chi connectivity index (χ2v) is 4.82. The second-order valence-electron chi connectivity index (χ2n) is 4.82. The molecule has 1 saturated heterocycles. The van der Waals surface area contributed by atoms with Crippen molar-refractivity contribution in [2.45, 2.75) is 19.1 Å². The zero-order chi connectivity index (χ0) is 14.5. The van der Waals surface area contributed by atoms with Gasteiger partial charge in [-0.05, 0) is 12.0 Å². The molecule has 2 rings (SSSR count). The van der Waals surface area contributed by atoms with Crippen LogP contribution in [0.5, 0.6) is 0 Å². The predicted molar refractivity (Wildman–Crippen MR) is 72.4 cm³/mol. The molecule has 0 spiro atoms. The highest BCUT2D eigenvalue weighted by Gasteiger charge is 2.31. The molecule has 20 heavy (non-hydrogen) atoms. The van der Waals surface area contributed by atoms with Crippen molar-refractivity contribution in [2.24, 2.45) is 0 Å². The second kappa shape index (κ2) is 6.27. The highest BCUT2D eigenvalue weighted by atomic mass is 16.6. The van der Waals surface area contributed by atoms with Crippen molar-refractivity contribution in [3.8, 4) is 0 Å². The first-order valence-corrected chi connectivity index (χ1v) is 6.49. The van der Waals surface area contributed by atoms with Crippen molar-refractivity contribution in [3.63, 3.8) is 0 Å². The Hall–Kier alpha value is -2.24. The maximum Gasteiger partial charge on any atom is 0.410 e. The quantitative estimate of drug-likeness (QED) is 0.918. The molecule has 1 fully saturated rings. The highest BCUT2D eigenvalue weighted by Crippen LogP contribution is 2.15. The van der Waals surface area contributed by atoms with Crippen molar-refractivity contribution in [1.82, 2.24) is 9.80 Å². The van der Waals surface area contributed by atoms with Gasteiger partial charge in [-0.25, -0.2) is 9.59 Å². The van der Waals surface area contributed by atoms with Crippen LogP contribution in [0, 0.1) is 0 Å². The monoisotopic (exact) mass is 278 g/mol. The van der Waals surface area contributed by atoms with Crippen molar-refractivity contribution in [2.75, 3.05) is 20.1 Å². The van der Waals surface area contributed by atoms with E-state index in [-0.39, 0.29) is 12.6 Å². The number of rotatable bonds is 3. The van der Waals surface area contributed by atoms with Crippen LogP contribution in [0.3, 0.4) is 0 Å². The van der Waals surface area contributed by atoms with Gasteiger partial charge in [0.15, 0.2) is 0 Å². The highest BCUT2D eigenvalue weighted by molar-refractivity contribution is 5.69. The van der Waals surface area contributed by atoms with Crippen molar-refractivity contribution in [3.05, 3.63) is 35.9 Å². The summed E-state index contributed by atoms with van der Waals surface area (Å²) in [5.41, 5.74) is 0.924. The number of carbonyl (C=O) groups is 2. The first-order valence-electron chi connectivity index (χ1n) is 6.49. The van der Waals surface area contributed by atoms with E-state index < -0.39 is 12.2 Å². The van der Waals surface area contributed by atoms with Crippen LogP contribution < -0.4 is 0 Å². The fourth-order valence-electron chi connectivity index (χ4n) is 2.20. The molecule has 1 heterocycles.